The molecule has 0 spiro atoms. The first-order chi connectivity index (χ1) is 2.00. The van der Waals surface area contributed by atoms with Crippen molar-refractivity contribution in [2.75, 3.05) is 0 Å². The summed E-state index contributed by atoms with van der Waals surface area (Å²) in [7, 11) is 20.2. The third-order valence-electron chi connectivity index (χ3n) is 0. The molecule has 0 bridgehead atoms. The first kappa shape index (κ1) is 18.0. The van der Waals surface area contributed by atoms with Gasteiger partial charge in [0.2, 0.25) is 0 Å². The predicted octanol–water partition coefficient (Wildman–Crippen LogP) is -0.506. The maximum atomic E-state index is 5.05. The molecule has 0 unspecified atom stereocenters. The third-order valence-corrected chi connectivity index (χ3v) is 0. The molecule has 0 aliphatic rings. The first-order valence-electron chi connectivity index (χ1n) is 0.756. The summed E-state index contributed by atoms with van der Waals surface area (Å²) in [5.74, 6) is 0. The van der Waals surface area contributed by atoms with Crippen LogP contribution in [0.3, 0.4) is 0 Å². The second kappa shape index (κ2) is 9.17. The minimum absolute atomic E-state index is 0. The molecule has 0 atom stereocenters. The molecule has 0 rings (SSSR count). The molecule has 0 amide bonds. The van der Waals surface area contributed by atoms with Crippen LogP contribution in [-0.4, -0.2) is 16.3 Å². The van der Waals surface area contributed by atoms with Crippen molar-refractivity contribution in [1.82, 2.24) is 0 Å². The van der Waals surface area contributed by atoms with E-state index in [2.05, 4.69) is 0 Å². The van der Waals surface area contributed by atoms with E-state index in [1.165, 1.54) is 0 Å². The summed E-state index contributed by atoms with van der Waals surface area (Å²) >= 11 is -3.39. The Kier molecular flexibility index (Phi) is 23.6. The third kappa shape index (κ3) is 35.4. The van der Waals surface area contributed by atoms with Crippen molar-refractivity contribution in [3.63, 3.8) is 0 Å². The molecular formula is HCl4KPbPr. The van der Waals surface area contributed by atoms with Crippen molar-refractivity contribution in [2.24, 2.45) is 0 Å². The number of hydrogen-bond donors (Lipinski definition) is 0. The SMILES string of the molecule is [Cl][Pb]([Cl])([Cl])[Cl].[H-].[K+].[Pr]. The summed E-state index contributed by atoms with van der Waals surface area (Å²) in [6, 6.07) is 0. The van der Waals surface area contributed by atoms with Crippen LogP contribution in [0.4, 0.5) is 0 Å². The van der Waals surface area contributed by atoms with Crippen LogP contribution in [0.15, 0.2) is 0 Å². The van der Waals surface area contributed by atoms with E-state index in [4.69, 9.17) is 33.3 Å². The normalized spacial score (nSPS) is 8.57. The van der Waals surface area contributed by atoms with Crippen molar-refractivity contribution in [2.45, 2.75) is 0 Å². The predicted molar refractivity (Wildman–Crippen MR) is 30.3 cm³/mol. The van der Waals surface area contributed by atoms with Crippen molar-refractivity contribution in [3.8, 4) is 0 Å². The summed E-state index contributed by atoms with van der Waals surface area (Å²) < 4.78 is 0. The zero-order valence-electron chi connectivity index (χ0n) is 4.59. The Balaban J connectivity index is -0.0000000267. The number of halogens is 4. The van der Waals surface area contributed by atoms with Crippen LogP contribution in [0.1, 0.15) is 1.43 Å². The maximum absolute atomic E-state index is 5.05. The van der Waals surface area contributed by atoms with Crippen LogP contribution in [0, 0.1) is 41.3 Å². The molecule has 7 heavy (non-hydrogen) atoms. The van der Waals surface area contributed by atoms with Crippen LogP contribution in [0.5, 0.6) is 0 Å². The molecule has 1 radical (unpaired) electrons. The van der Waals surface area contributed by atoms with E-state index in [-0.39, 0.29) is 94.1 Å². The van der Waals surface area contributed by atoms with Gasteiger partial charge in [0, 0.05) is 41.3 Å². The minimum atomic E-state index is -3.39. The standard InChI is InChI=1S/4ClH.K.Pb.Pr.H/h4*1H;;;;/q;;;;+1;+4;;-1/p-4. The van der Waals surface area contributed by atoms with E-state index in [0.717, 1.165) is 0 Å². The van der Waals surface area contributed by atoms with E-state index in [9.17, 15) is 0 Å². The molecule has 0 aliphatic heterocycles. The molecule has 0 aromatic heterocycles. The second-order valence-electron chi connectivity index (χ2n) is 0.429. The number of rotatable bonds is 0. The van der Waals surface area contributed by atoms with Crippen molar-refractivity contribution >= 4 is 49.5 Å². The molecule has 0 aromatic rings. The summed E-state index contributed by atoms with van der Waals surface area (Å²) in [5.41, 5.74) is 0. The van der Waals surface area contributed by atoms with Crippen LogP contribution in [0.25, 0.3) is 0 Å². The Bertz CT molecular complexity index is 31.5. The van der Waals surface area contributed by atoms with Gasteiger partial charge in [0.05, 0.1) is 0 Å². The van der Waals surface area contributed by atoms with E-state index in [0.29, 0.717) is 0 Å². The molecule has 0 saturated carbocycles. The molecule has 0 aliphatic carbocycles. The smallest absolute Gasteiger partial charge is 1.00 e. The van der Waals surface area contributed by atoms with Crippen LogP contribution >= 0.6 is 33.3 Å². The van der Waals surface area contributed by atoms with Crippen LogP contribution in [-0.2, 0) is 0 Å². The van der Waals surface area contributed by atoms with E-state index >= 15 is 0 Å². The van der Waals surface area contributed by atoms with Gasteiger partial charge < -0.3 is 1.43 Å². The Morgan fingerprint density at radius 1 is 1.00 bits per heavy atom. The van der Waals surface area contributed by atoms with Crippen LogP contribution < -0.4 is 51.4 Å². The first-order valence-corrected chi connectivity index (χ1v) is 19.9. The Morgan fingerprint density at radius 2 is 1.00 bits per heavy atom. The number of hydrogen-bond acceptors (Lipinski definition) is 0. The van der Waals surface area contributed by atoms with E-state index in [1.54, 1.807) is 0 Å². The fourth-order valence-corrected chi connectivity index (χ4v) is 0. The van der Waals surface area contributed by atoms with Gasteiger partial charge in [-0.15, -0.1) is 0 Å². The quantitative estimate of drug-likeness (QED) is 0.371. The fourth-order valence-electron chi connectivity index (χ4n) is 0. The monoisotopic (exact) mass is 529 g/mol. The summed E-state index contributed by atoms with van der Waals surface area (Å²) in [6.45, 7) is 0. The molecular weight excluding hydrogens is 529 g/mol. The molecule has 0 saturated heterocycles. The van der Waals surface area contributed by atoms with Gasteiger partial charge in [-0.05, 0) is 0 Å². The maximum Gasteiger partial charge on any atom is 1.00 e. The van der Waals surface area contributed by atoms with Gasteiger partial charge in [-0.25, -0.2) is 0 Å². The van der Waals surface area contributed by atoms with Crippen molar-refractivity contribution in [1.29, 1.82) is 0 Å². The topological polar surface area (TPSA) is 0 Å². The molecule has 0 aromatic carbocycles. The van der Waals surface area contributed by atoms with Gasteiger partial charge in [-0.1, -0.05) is 0 Å². The molecule has 0 nitrogen and oxygen atoms in total. The summed E-state index contributed by atoms with van der Waals surface area (Å²) in [6.07, 6.45) is 0. The molecule has 0 N–H and O–H groups in total. The van der Waals surface area contributed by atoms with Gasteiger partial charge >= 0.3 is 101 Å². The fraction of sp³-hybridized carbons (Fsp3) is 0. The zero-order chi connectivity index (χ0) is 4.50. The average molecular weight is 530 g/mol. The average Bonchev–Trinajstić information content (AvgIpc) is 0.722. The van der Waals surface area contributed by atoms with Crippen molar-refractivity contribution in [3.05, 3.63) is 0 Å². The van der Waals surface area contributed by atoms with Crippen LogP contribution in [0.2, 0.25) is 0 Å². The van der Waals surface area contributed by atoms with Gasteiger partial charge in [-0.3, -0.25) is 0 Å². The Morgan fingerprint density at radius 3 is 1.00 bits per heavy atom. The molecule has 37 valence electrons. The van der Waals surface area contributed by atoms with Crippen molar-refractivity contribution < 1.29 is 94.1 Å². The Hall–Kier alpha value is 5.08. The Labute approximate surface area is 139 Å². The van der Waals surface area contributed by atoms with E-state index in [1.807, 2.05) is 0 Å². The second-order valence-corrected chi connectivity index (χ2v) is 33.8. The molecule has 7 heteroatoms. The van der Waals surface area contributed by atoms with Gasteiger partial charge in [-0.2, -0.15) is 0 Å². The zero-order valence-corrected chi connectivity index (χ0v) is 17.3. The van der Waals surface area contributed by atoms with E-state index < -0.39 is 16.3 Å². The molecule has 0 fully saturated rings. The summed E-state index contributed by atoms with van der Waals surface area (Å²) in [4.78, 5) is 0. The molecule has 0 heterocycles. The van der Waals surface area contributed by atoms with Gasteiger partial charge in [0.1, 0.15) is 0 Å². The van der Waals surface area contributed by atoms with Gasteiger partial charge in [0.25, 0.3) is 0 Å². The largest absolute Gasteiger partial charge is 1.00 e. The summed E-state index contributed by atoms with van der Waals surface area (Å²) in [5, 5.41) is 0. The van der Waals surface area contributed by atoms with Gasteiger partial charge in [0.15, 0.2) is 0 Å². The minimum Gasteiger partial charge on any atom is -1.00 e.